The van der Waals surface area contributed by atoms with Gasteiger partial charge in [0.15, 0.2) is 0 Å². The molecule has 1 N–H and O–H groups in total. The van der Waals surface area contributed by atoms with E-state index in [1.54, 1.807) is 0 Å². The predicted octanol–water partition coefficient (Wildman–Crippen LogP) is 1.35. The molecule has 1 unspecified atom stereocenters. The molecule has 0 saturated carbocycles. The molecule has 60 valence electrons. The van der Waals surface area contributed by atoms with Crippen molar-refractivity contribution >= 4 is 0 Å². The highest BCUT2D eigenvalue weighted by Crippen LogP contribution is 1.98. The molecule has 0 bridgehead atoms. The second-order valence-corrected chi connectivity index (χ2v) is 1.84. The third kappa shape index (κ3) is 4.40. The molecular formula is C6H11F2NO. The summed E-state index contributed by atoms with van der Waals surface area (Å²) in [5.74, 6) is 0. The number of hydrogen-bond acceptors (Lipinski definition) is 2. The van der Waals surface area contributed by atoms with Crippen LogP contribution in [-0.4, -0.2) is 19.1 Å². The lowest BCUT2D eigenvalue weighted by Gasteiger charge is -2.10. The van der Waals surface area contributed by atoms with Crippen LogP contribution < -0.4 is 5.48 Å². The van der Waals surface area contributed by atoms with Gasteiger partial charge in [0.1, 0.15) is 0 Å². The Bertz CT molecular complexity index is 97.7. The van der Waals surface area contributed by atoms with E-state index in [2.05, 4.69) is 16.9 Å². The molecule has 2 nitrogen and oxygen atoms in total. The summed E-state index contributed by atoms with van der Waals surface area (Å²) < 4.78 is 23.4. The van der Waals surface area contributed by atoms with Crippen LogP contribution in [0, 0.1) is 0 Å². The maximum Gasteiger partial charge on any atom is 0.255 e. The Morgan fingerprint density at radius 3 is 2.70 bits per heavy atom. The molecule has 0 aliphatic rings. The monoisotopic (exact) mass is 151 g/mol. The minimum absolute atomic E-state index is 0.233. The summed E-state index contributed by atoms with van der Waals surface area (Å²) in [5, 5.41) is 0. The first-order chi connectivity index (χ1) is 4.68. The molecule has 0 heterocycles. The van der Waals surface area contributed by atoms with Gasteiger partial charge in [0.25, 0.3) is 6.43 Å². The highest BCUT2D eigenvalue weighted by molar-refractivity contribution is 4.64. The number of hydrogen-bond donors (Lipinski definition) is 1. The minimum Gasteiger partial charge on any atom is -0.297 e. The van der Waals surface area contributed by atoms with Crippen molar-refractivity contribution in [1.29, 1.82) is 0 Å². The fourth-order valence-electron chi connectivity index (χ4n) is 0.290. The Morgan fingerprint density at radius 1 is 1.70 bits per heavy atom. The first-order valence-corrected chi connectivity index (χ1v) is 2.95. The summed E-state index contributed by atoms with van der Waals surface area (Å²) in [6.07, 6.45) is -0.921. The zero-order valence-corrected chi connectivity index (χ0v) is 5.81. The lowest BCUT2D eigenvalue weighted by Crippen LogP contribution is -2.32. The molecule has 0 amide bonds. The zero-order valence-electron chi connectivity index (χ0n) is 5.81. The van der Waals surface area contributed by atoms with Crippen LogP contribution in [0.2, 0.25) is 0 Å². The molecular weight excluding hydrogens is 140 g/mol. The largest absolute Gasteiger partial charge is 0.297 e. The van der Waals surface area contributed by atoms with Crippen molar-refractivity contribution in [3.05, 3.63) is 12.7 Å². The molecule has 0 saturated heterocycles. The molecule has 0 fully saturated rings. The SMILES string of the molecule is C=CCONC(C)C(F)F. The van der Waals surface area contributed by atoms with Crippen LogP contribution in [0.5, 0.6) is 0 Å². The fourth-order valence-corrected chi connectivity index (χ4v) is 0.290. The second-order valence-electron chi connectivity index (χ2n) is 1.84. The third-order valence-corrected chi connectivity index (χ3v) is 0.848. The Balaban J connectivity index is 3.21. The maximum atomic E-state index is 11.7. The molecule has 4 heteroatoms. The number of halogens is 2. The van der Waals surface area contributed by atoms with E-state index in [4.69, 9.17) is 0 Å². The quantitative estimate of drug-likeness (QED) is 0.364. The predicted molar refractivity (Wildman–Crippen MR) is 34.8 cm³/mol. The van der Waals surface area contributed by atoms with E-state index in [0.717, 1.165) is 0 Å². The molecule has 0 rings (SSSR count). The molecule has 0 aliphatic carbocycles. The zero-order chi connectivity index (χ0) is 7.98. The van der Waals surface area contributed by atoms with Gasteiger partial charge in [-0.1, -0.05) is 6.08 Å². The average Bonchev–Trinajstić information content (AvgIpc) is 1.88. The van der Waals surface area contributed by atoms with Crippen molar-refractivity contribution in [3.63, 3.8) is 0 Å². The topological polar surface area (TPSA) is 21.3 Å². The summed E-state index contributed by atoms with van der Waals surface area (Å²) in [6.45, 7) is 4.92. The van der Waals surface area contributed by atoms with Crippen molar-refractivity contribution in [1.82, 2.24) is 5.48 Å². The molecule has 0 aliphatic heterocycles. The number of nitrogens with one attached hydrogen (secondary N) is 1. The highest BCUT2D eigenvalue weighted by atomic mass is 19.3. The van der Waals surface area contributed by atoms with Crippen LogP contribution in [0.3, 0.4) is 0 Å². The van der Waals surface area contributed by atoms with E-state index in [-0.39, 0.29) is 6.61 Å². The van der Waals surface area contributed by atoms with Crippen LogP contribution in [0.25, 0.3) is 0 Å². The average molecular weight is 151 g/mol. The van der Waals surface area contributed by atoms with Gasteiger partial charge in [0.2, 0.25) is 0 Å². The van der Waals surface area contributed by atoms with Gasteiger partial charge >= 0.3 is 0 Å². The molecule has 10 heavy (non-hydrogen) atoms. The fraction of sp³-hybridized carbons (Fsp3) is 0.667. The van der Waals surface area contributed by atoms with Crippen LogP contribution >= 0.6 is 0 Å². The summed E-state index contributed by atoms with van der Waals surface area (Å²) in [4.78, 5) is 4.56. The van der Waals surface area contributed by atoms with Crippen molar-refractivity contribution in [2.75, 3.05) is 6.61 Å². The molecule has 0 aromatic rings. The Labute approximate surface area is 58.8 Å². The second kappa shape index (κ2) is 5.32. The lowest BCUT2D eigenvalue weighted by molar-refractivity contribution is -0.0160. The molecule has 0 spiro atoms. The van der Waals surface area contributed by atoms with Crippen molar-refractivity contribution < 1.29 is 13.6 Å². The van der Waals surface area contributed by atoms with Gasteiger partial charge in [-0.2, -0.15) is 5.48 Å². The highest BCUT2D eigenvalue weighted by Gasteiger charge is 2.12. The van der Waals surface area contributed by atoms with E-state index in [1.165, 1.54) is 13.0 Å². The molecule has 1 atom stereocenters. The van der Waals surface area contributed by atoms with Gasteiger partial charge in [-0.05, 0) is 6.92 Å². The maximum absolute atomic E-state index is 11.7. The van der Waals surface area contributed by atoms with Crippen LogP contribution in [0.1, 0.15) is 6.92 Å². The van der Waals surface area contributed by atoms with Crippen molar-refractivity contribution in [3.8, 4) is 0 Å². The van der Waals surface area contributed by atoms with Gasteiger partial charge in [0.05, 0.1) is 12.6 Å². The van der Waals surface area contributed by atoms with Crippen LogP contribution in [-0.2, 0) is 4.84 Å². The normalized spacial score (nSPS) is 13.6. The van der Waals surface area contributed by atoms with E-state index in [9.17, 15) is 8.78 Å². The van der Waals surface area contributed by atoms with E-state index >= 15 is 0 Å². The summed E-state index contributed by atoms with van der Waals surface area (Å²) in [5.41, 5.74) is 2.16. The standard InChI is InChI=1S/C6H11F2NO/c1-3-4-10-9-5(2)6(7)8/h3,5-6,9H,1,4H2,2H3. The van der Waals surface area contributed by atoms with Crippen LogP contribution in [0.15, 0.2) is 12.7 Å². The molecule has 0 aromatic carbocycles. The first-order valence-electron chi connectivity index (χ1n) is 2.95. The smallest absolute Gasteiger partial charge is 0.255 e. The van der Waals surface area contributed by atoms with Crippen LogP contribution in [0.4, 0.5) is 8.78 Å². The summed E-state index contributed by atoms with van der Waals surface area (Å²) >= 11 is 0. The van der Waals surface area contributed by atoms with Crippen molar-refractivity contribution in [2.24, 2.45) is 0 Å². The molecule has 0 aromatic heterocycles. The Hall–Kier alpha value is -0.480. The molecule has 0 radical (unpaired) electrons. The lowest BCUT2D eigenvalue weighted by atomic mass is 10.4. The van der Waals surface area contributed by atoms with Gasteiger partial charge in [0, 0.05) is 0 Å². The van der Waals surface area contributed by atoms with E-state index in [0.29, 0.717) is 0 Å². The minimum atomic E-state index is -2.40. The van der Waals surface area contributed by atoms with Gasteiger partial charge in [-0.3, -0.25) is 4.84 Å². The Morgan fingerprint density at radius 2 is 2.30 bits per heavy atom. The van der Waals surface area contributed by atoms with E-state index in [1.807, 2.05) is 0 Å². The van der Waals surface area contributed by atoms with Crippen molar-refractivity contribution in [2.45, 2.75) is 19.4 Å². The third-order valence-electron chi connectivity index (χ3n) is 0.848. The van der Waals surface area contributed by atoms with Gasteiger partial charge in [-0.15, -0.1) is 6.58 Å². The number of hydroxylamine groups is 1. The van der Waals surface area contributed by atoms with Gasteiger partial charge < -0.3 is 0 Å². The summed E-state index contributed by atoms with van der Waals surface area (Å²) in [6, 6.07) is -0.931. The Kier molecular flexibility index (Phi) is 5.06. The van der Waals surface area contributed by atoms with E-state index < -0.39 is 12.5 Å². The number of alkyl halides is 2. The summed E-state index contributed by atoms with van der Waals surface area (Å²) in [7, 11) is 0. The number of rotatable bonds is 5. The van der Waals surface area contributed by atoms with Gasteiger partial charge in [-0.25, -0.2) is 8.78 Å². The first kappa shape index (κ1) is 9.52.